The van der Waals surface area contributed by atoms with Gasteiger partial charge in [0.15, 0.2) is 0 Å². The molecule has 0 aromatic rings. The van der Waals surface area contributed by atoms with E-state index < -0.39 is 0 Å². The van der Waals surface area contributed by atoms with E-state index in [4.69, 9.17) is 4.74 Å². The molecule has 3 saturated heterocycles. The van der Waals surface area contributed by atoms with Gasteiger partial charge in [-0.05, 0) is 77.2 Å². The highest BCUT2D eigenvalue weighted by atomic mass is 16.5. The Balaban J connectivity index is 1.59. The van der Waals surface area contributed by atoms with Crippen LogP contribution < -0.4 is 5.32 Å². The van der Waals surface area contributed by atoms with Crippen molar-refractivity contribution in [2.75, 3.05) is 46.4 Å². The summed E-state index contributed by atoms with van der Waals surface area (Å²) in [5, 5.41) is 3.57. The van der Waals surface area contributed by atoms with Gasteiger partial charge in [0.1, 0.15) is 0 Å². The van der Waals surface area contributed by atoms with Crippen molar-refractivity contribution in [2.24, 2.45) is 17.3 Å². The van der Waals surface area contributed by atoms with Crippen molar-refractivity contribution in [3.05, 3.63) is 0 Å². The molecule has 3 heterocycles. The van der Waals surface area contributed by atoms with Crippen LogP contribution in [0.4, 0.5) is 0 Å². The van der Waals surface area contributed by atoms with E-state index in [9.17, 15) is 0 Å². The van der Waals surface area contributed by atoms with Crippen LogP contribution in [0.1, 0.15) is 32.1 Å². The van der Waals surface area contributed by atoms with Gasteiger partial charge in [-0.1, -0.05) is 0 Å². The van der Waals surface area contributed by atoms with Crippen LogP contribution in [0.15, 0.2) is 0 Å². The predicted octanol–water partition coefficient (Wildman–Crippen LogP) is 1.73. The Morgan fingerprint density at radius 1 is 1.22 bits per heavy atom. The molecule has 104 valence electrons. The van der Waals surface area contributed by atoms with Crippen LogP contribution in [0.3, 0.4) is 0 Å². The molecular formula is C15H28N2O. The molecule has 0 saturated carbocycles. The van der Waals surface area contributed by atoms with Crippen molar-refractivity contribution in [3.63, 3.8) is 0 Å². The normalized spacial score (nSPS) is 34.2. The van der Waals surface area contributed by atoms with E-state index in [-0.39, 0.29) is 0 Å². The van der Waals surface area contributed by atoms with E-state index in [1.54, 1.807) is 0 Å². The number of rotatable bonds is 3. The second kappa shape index (κ2) is 5.48. The Kier molecular flexibility index (Phi) is 3.92. The zero-order valence-corrected chi connectivity index (χ0v) is 11.8. The highest BCUT2D eigenvalue weighted by Gasteiger charge is 2.47. The summed E-state index contributed by atoms with van der Waals surface area (Å²) in [6, 6.07) is 0. The number of nitrogens with one attached hydrogen (secondary N) is 1. The van der Waals surface area contributed by atoms with Gasteiger partial charge in [0.25, 0.3) is 0 Å². The Hall–Kier alpha value is -0.120. The van der Waals surface area contributed by atoms with Crippen molar-refractivity contribution in [1.82, 2.24) is 10.2 Å². The minimum atomic E-state index is 0.547. The maximum Gasteiger partial charge on any atom is 0.0547 e. The van der Waals surface area contributed by atoms with Crippen molar-refractivity contribution in [1.29, 1.82) is 0 Å². The number of ether oxygens (including phenoxy) is 1. The smallest absolute Gasteiger partial charge is 0.0547 e. The first kappa shape index (κ1) is 12.9. The van der Waals surface area contributed by atoms with Crippen molar-refractivity contribution in [3.8, 4) is 0 Å². The van der Waals surface area contributed by atoms with E-state index >= 15 is 0 Å². The first-order valence-electron chi connectivity index (χ1n) is 7.75. The van der Waals surface area contributed by atoms with E-state index in [2.05, 4.69) is 17.3 Å². The summed E-state index contributed by atoms with van der Waals surface area (Å²) >= 11 is 0. The molecule has 3 heteroatoms. The lowest BCUT2D eigenvalue weighted by Crippen LogP contribution is -2.53. The SMILES string of the molecule is CN1CCC(C2(CC3CCCNC3)COC2)CC1. The summed E-state index contributed by atoms with van der Waals surface area (Å²) in [4.78, 5) is 2.48. The second-order valence-corrected chi connectivity index (χ2v) is 6.85. The molecule has 3 rings (SSSR count). The Morgan fingerprint density at radius 2 is 2.00 bits per heavy atom. The molecule has 0 aromatic carbocycles. The van der Waals surface area contributed by atoms with E-state index in [0.717, 1.165) is 25.0 Å². The average Bonchev–Trinajstić information content (AvgIpc) is 2.36. The number of piperidine rings is 2. The fourth-order valence-corrected chi connectivity index (χ4v) is 4.18. The monoisotopic (exact) mass is 252 g/mol. The largest absolute Gasteiger partial charge is 0.380 e. The van der Waals surface area contributed by atoms with Gasteiger partial charge in [-0.2, -0.15) is 0 Å². The minimum absolute atomic E-state index is 0.547. The Morgan fingerprint density at radius 3 is 2.56 bits per heavy atom. The number of hydrogen-bond donors (Lipinski definition) is 1. The molecular weight excluding hydrogens is 224 g/mol. The van der Waals surface area contributed by atoms with Crippen LogP contribution >= 0.6 is 0 Å². The van der Waals surface area contributed by atoms with Gasteiger partial charge < -0.3 is 15.0 Å². The van der Waals surface area contributed by atoms with Crippen LogP contribution in [0.5, 0.6) is 0 Å². The number of nitrogens with zero attached hydrogens (tertiary/aromatic N) is 1. The Labute approximate surface area is 111 Å². The molecule has 0 bridgehead atoms. The molecule has 0 radical (unpaired) electrons. The van der Waals surface area contributed by atoms with Gasteiger partial charge >= 0.3 is 0 Å². The topological polar surface area (TPSA) is 24.5 Å². The molecule has 1 N–H and O–H groups in total. The molecule has 0 spiro atoms. The van der Waals surface area contributed by atoms with Crippen LogP contribution in [-0.2, 0) is 4.74 Å². The van der Waals surface area contributed by atoms with Crippen LogP contribution in [0.2, 0.25) is 0 Å². The van der Waals surface area contributed by atoms with Crippen molar-refractivity contribution >= 4 is 0 Å². The van der Waals surface area contributed by atoms with Gasteiger partial charge in [-0.15, -0.1) is 0 Å². The van der Waals surface area contributed by atoms with Gasteiger partial charge in [-0.3, -0.25) is 0 Å². The molecule has 0 amide bonds. The fraction of sp³-hybridized carbons (Fsp3) is 1.00. The maximum atomic E-state index is 5.63. The number of hydrogen-bond acceptors (Lipinski definition) is 3. The second-order valence-electron chi connectivity index (χ2n) is 6.85. The quantitative estimate of drug-likeness (QED) is 0.828. The van der Waals surface area contributed by atoms with Crippen LogP contribution in [0.25, 0.3) is 0 Å². The van der Waals surface area contributed by atoms with Gasteiger partial charge in [0, 0.05) is 5.41 Å². The van der Waals surface area contributed by atoms with Gasteiger partial charge in [-0.25, -0.2) is 0 Å². The highest BCUT2D eigenvalue weighted by molar-refractivity contribution is 4.96. The lowest BCUT2D eigenvalue weighted by atomic mass is 9.64. The highest BCUT2D eigenvalue weighted by Crippen LogP contribution is 2.46. The zero-order chi connectivity index (χ0) is 12.4. The summed E-state index contributed by atoms with van der Waals surface area (Å²) in [5.41, 5.74) is 0.547. The predicted molar refractivity (Wildman–Crippen MR) is 73.7 cm³/mol. The van der Waals surface area contributed by atoms with Crippen molar-refractivity contribution in [2.45, 2.75) is 32.1 Å². The summed E-state index contributed by atoms with van der Waals surface area (Å²) in [5.74, 6) is 1.83. The summed E-state index contributed by atoms with van der Waals surface area (Å²) < 4.78 is 5.63. The third kappa shape index (κ3) is 2.59. The Bertz CT molecular complexity index is 264. The first-order valence-corrected chi connectivity index (χ1v) is 7.75. The fourth-order valence-electron chi connectivity index (χ4n) is 4.18. The lowest BCUT2D eigenvalue weighted by Gasteiger charge is -2.51. The van der Waals surface area contributed by atoms with E-state index in [1.165, 1.54) is 58.3 Å². The summed E-state index contributed by atoms with van der Waals surface area (Å²) in [7, 11) is 2.26. The molecule has 18 heavy (non-hydrogen) atoms. The lowest BCUT2D eigenvalue weighted by molar-refractivity contribution is -0.166. The molecule has 3 fully saturated rings. The van der Waals surface area contributed by atoms with Gasteiger partial charge in [0.2, 0.25) is 0 Å². The molecule has 1 atom stereocenters. The standard InChI is InChI=1S/C15H28N2O/c1-17-7-4-14(5-8-17)15(11-18-12-15)9-13-3-2-6-16-10-13/h13-14,16H,2-12H2,1H3. The van der Waals surface area contributed by atoms with Gasteiger partial charge in [0.05, 0.1) is 13.2 Å². The minimum Gasteiger partial charge on any atom is -0.380 e. The molecule has 0 aliphatic carbocycles. The third-order valence-electron chi connectivity index (χ3n) is 5.46. The van der Waals surface area contributed by atoms with E-state index in [1.807, 2.05) is 0 Å². The third-order valence-corrected chi connectivity index (χ3v) is 5.46. The molecule has 3 aliphatic heterocycles. The average molecular weight is 252 g/mol. The molecule has 3 aliphatic rings. The molecule has 3 nitrogen and oxygen atoms in total. The molecule has 1 unspecified atom stereocenters. The van der Waals surface area contributed by atoms with E-state index in [0.29, 0.717) is 5.41 Å². The summed E-state index contributed by atoms with van der Waals surface area (Å²) in [6.07, 6.45) is 6.99. The van der Waals surface area contributed by atoms with Crippen molar-refractivity contribution < 1.29 is 4.74 Å². The number of likely N-dealkylation sites (tertiary alicyclic amines) is 1. The summed E-state index contributed by atoms with van der Waals surface area (Å²) in [6.45, 7) is 7.13. The molecule has 0 aromatic heterocycles. The first-order chi connectivity index (χ1) is 8.78. The van der Waals surface area contributed by atoms with Crippen LogP contribution in [-0.4, -0.2) is 51.3 Å². The zero-order valence-electron chi connectivity index (χ0n) is 11.8. The van der Waals surface area contributed by atoms with Crippen LogP contribution in [0, 0.1) is 17.3 Å². The maximum absolute atomic E-state index is 5.63.